The van der Waals surface area contributed by atoms with Crippen LogP contribution in [0.1, 0.15) is 11.7 Å². The van der Waals surface area contributed by atoms with Gasteiger partial charge < -0.3 is 35.6 Å². The number of hydrogen-bond acceptors (Lipinski definition) is 9. The van der Waals surface area contributed by atoms with Crippen LogP contribution >= 0.6 is 27.5 Å². The highest BCUT2D eigenvalue weighted by Crippen LogP contribution is 2.35. The molecule has 33 heavy (non-hydrogen) atoms. The minimum Gasteiger partial charge on any atom is -0.478 e. The van der Waals surface area contributed by atoms with E-state index in [1.54, 1.807) is 6.07 Å². The van der Waals surface area contributed by atoms with Crippen molar-refractivity contribution < 1.29 is 39.9 Å². The zero-order chi connectivity index (χ0) is 24.4. The molecule has 0 bridgehead atoms. The van der Waals surface area contributed by atoms with E-state index in [4.69, 9.17) is 16.3 Å². The van der Waals surface area contributed by atoms with Crippen molar-refractivity contribution in [3.05, 3.63) is 39.2 Å². The van der Waals surface area contributed by atoms with Crippen LogP contribution in [-0.2, 0) is 14.3 Å². The van der Waals surface area contributed by atoms with Crippen LogP contribution in [0.3, 0.4) is 0 Å². The van der Waals surface area contributed by atoms with Crippen molar-refractivity contribution in [3.63, 3.8) is 0 Å². The van der Waals surface area contributed by atoms with Gasteiger partial charge in [-0.3, -0.25) is 4.79 Å². The number of aliphatic carboxylic acids is 1. The van der Waals surface area contributed by atoms with Crippen molar-refractivity contribution in [3.8, 4) is 6.07 Å². The Morgan fingerprint density at radius 1 is 1.36 bits per heavy atom. The number of aromatic nitrogens is 2. The molecule has 0 fully saturated rings. The number of ether oxygens (including phenoxy) is 1. The summed E-state index contributed by atoms with van der Waals surface area (Å²) in [6.07, 6.45) is -4.14. The minimum atomic E-state index is -1.86. The maximum atomic E-state index is 12.0. The molecule has 6 N–H and O–H groups in total. The molecule has 0 spiro atoms. The monoisotopic (exact) mass is 544 g/mol. The number of nitriles is 1. The van der Waals surface area contributed by atoms with E-state index in [1.165, 1.54) is 6.07 Å². The maximum Gasteiger partial charge on any atom is 0.370 e. The summed E-state index contributed by atoms with van der Waals surface area (Å²) in [4.78, 5) is 23.7. The second kappa shape index (κ2) is 10.0. The molecular weight excluding hydrogens is 528 g/mol. The third-order valence-electron chi connectivity index (χ3n) is 5.03. The largest absolute Gasteiger partial charge is 0.478 e. The first-order chi connectivity index (χ1) is 15.6. The summed E-state index contributed by atoms with van der Waals surface area (Å²) in [5, 5.41) is 65.6. The SMILES string of the molecule is N#Cc1c2cc(Br)c(Cl)cc2nn1[C@H]1C=C(C(=O)O)O[C@@H]([C@H](O)[C@H](O)CO)[C@@H]1NC(=O)CO. The number of carboxylic acid groups (broad SMARTS) is 1. The molecule has 1 aromatic carbocycles. The fourth-order valence-corrected chi connectivity index (χ4v) is 3.99. The second-order valence-corrected chi connectivity index (χ2v) is 8.35. The third-order valence-corrected chi connectivity index (χ3v) is 6.23. The number of halogens is 2. The normalized spacial score (nSPS) is 22.1. The van der Waals surface area contributed by atoms with Gasteiger partial charge in [0.1, 0.15) is 36.7 Å². The lowest BCUT2D eigenvalue weighted by molar-refractivity contribution is -0.147. The highest BCUT2D eigenvalue weighted by Gasteiger charge is 2.45. The summed E-state index contributed by atoms with van der Waals surface area (Å²) in [5.74, 6) is -3.08. The maximum absolute atomic E-state index is 12.0. The van der Waals surface area contributed by atoms with Crippen molar-refractivity contribution in [2.24, 2.45) is 0 Å². The molecule has 0 saturated heterocycles. The van der Waals surface area contributed by atoms with Crippen molar-refractivity contribution >= 4 is 50.3 Å². The number of amides is 1. The van der Waals surface area contributed by atoms with Crippen molar-refractivity contribution in [1.29, 1.82) is 5.26 Å². The van der Waals surface area contributed by atoms with E-state index in [0.717, 1.165) is 10.8 Å². The van der Waals surface area contributed by atoms with E-state index in [1.807, 2.05) is 6.07 Å². The molecular formula is C19H18BrClN4O8. The van der Waals surface area contributed by atoms with Gasteiger partial charge in [0.25, 0.3) is 0 Å². The molecule has 3 rings (SSSR count). The first-order valence-electron chi connectivity index (χ1n) is 9.39. The molecule has 0 unspecified atom stereocenters. The Hall–Kier alpha value is -2.73. The van der Waals surface area contributed by atoms with Crippen LogP contribution in [0.2, 0.25) is 5.02 Å². The lowest BCUT2D eigenvalue weighted by atomic mass is 9.92. The lowest BCUT2D eigenvalue weighted by Crippen LogP contribution is -2.59. The summed E-state index contributed by atoms with van der Waals surface area (Å²) in [6, 6.07) is 2.47. The highest BCUT2D eigenvalue weighted by molar-refractivity contribution is 9.10. The van der Waals surface area contributed by atoms with Crippen molar-refractivity contribution in [2.75, 3.05) is 13.2 Å². The quantitative estimate of drug-likeness (QED) is 0.262. The molecule has 176 valence electrons. The number of carbonyl (C=O) groups is 2. The number of benzene rings is 1. The van der Waals surface area contributed by atoms with E-state index >= 15 is 0 Å². The van der Waals surface area contributed by atoms with Gasteiger partial charge in [-0.1, -0.05) is 11.6 Å². The van der Waals surface area contributed by atoms with Crippen LogP contribution in [-0.4, -0.2) is 84.8 Å². The number of aliphatic hydroxyl groups is 4. The number of rotatable bonds is 7. The van der Waals surface area contributed by atoms with Crippen molar-refractivity contribution in [2.45, 2.75) is 30.4 Å². The van der Waals surface area contributed by atoms with E-state index < -0.39 is 61.2 Å². The summed E-state index contributed by atoms with van der Waals surface area (Å²) >= 11 is 9.38. The van der Waals surface area contributed by atoms with Gasteiger partial charge in [-0.2, -0.15) is 10.4 Å². The van der Waals surface area contributed by atoms with E-state index in [0.29, 0.717) is 14.9 Å². The number of nitrogens with zero attached hydrogens (tertiary/aromatic N) is 3. The van der Waals surface area contributed by atoms with Crippen LogP contribution in [0.15, 0.2) is 28.4 Å². The Morgan fingerprint density at radius 3 is 2.64 bits per heavy atom. The molecule has 5 atom stereocenters. The Bertz CT molecular complexity index is 1160. The summed E-state index contributed by atoms with van der Waals surface area (Å²) in [5.41, 5.74) is 0.269. The number of carbonyl (C=O) groups excluding carboxylic acids is 1. The fraction of sp³-hybridized carbons (Fsp3) is 0.368. The molecule has 1 aliphatic rings. The van der Waals surface area contributed by atoms with E-state index in [2.05, 4.69) is 26.3 Å². The standard InChI is InChI=1S/C19H18BrClN4O8/c20-8-1-7-10(2-9(8)21)24-25(12(7)4-22)11-3-14(19(31)32)33-18(17(30)13(28)5-26)16(11)23-15(29)6-27/h1-3,11,13,16-18,26-28,30H,5-6H2,(H,23,29)(H,31,32)/t11-,13+,16+,17+,18+/m0/s1. The highest BCUT2D eigenvalue weighted by atomic mass is 79.9. The van der Waals surface area contributed by atoms with Gasteiger partial charge in [-0.25, -0.2) is 9.48 Å². The van der Waals surface area contributed by atoms with Gasteiger partial charge in [-0.05, 0) is 34.1 Å². The Kier molecular flexibility index (Phi) is 7.58. The smallest absolute Gasteiger partial charge is 0.370 e. The minimum absolute atomic E-state index is 0.0190. The number of nitrogens with one attached hydrogen (secondary N) is 1. The van der Waals surface area contributed by atoms with Gasteiger partial charge in [0, 0.05) is 9.86 Å². The van der Waals surface area contributed by atoms with E-state index in [9.17, 15) is 40.4 Å². The number of aliphatic hydroxyl groups excluding tert-OH is 4. The average molecular weight is 546 g/mol. The molecule has 0 radical (unpaired) electrons. The Morgan fingerprint density at radius 2 is 2.06 bits per heavy atom. The van der Waals surface area contributed by atoms with Crippen LogP contribution in [0, 0.1) is 11.3 Å². The average Bonchev–Trinajstić information content (AvgIpc) is 3.14. The van der Waals surface area contributed by atoms with Gasteiger partial charge in [0.15, 0.2) is 0 Å². The van der Waals surface area contributed by atoms with Gasteiger partial charge in [0.2, 0.25) is 11.7 Å². The lowest BCUT2D eigenvalue weighted by Gasteiger charge is -2.40. The van der Waals surface area contributed by atoms with Gasteiger partial charge >= 0.3 is 5.97 Å². The third kappa shape index (κ3) is 4.81. The molecule has 14 heteroatoms. The van der Waals surface area contributed by atoms with Crippen LogP contribution in [0.4, 0.5) is 0 Å². The molecule has 0 saturated carbocycles. The first kappa shape index (κ1) is 24.9. The Labute approximate surface area is 199 Å². The molecule has 12 nitrogen and oxygen atoms in total. The van der Waals surface area contributed by atoms with Crippen LogP contribution < -0.4 is 5.32 Å². The number of fused-ring (bicyclic) bond motifs is 1. The second-order valence-electron chi connectivity index (χ2n) is 7.09. The number of carboxylic acids is 1. The molecule has 0 aliphatic carbocycles. The molecule has 1 aliphatic heterocycles. The fourth-order valence-electron chi connectivity index (χ4n) is 3.49. The molecule has 2 heterocycles. The number of hydrogen-bond donors (Lipinski definition) is 6. The molecule has 1 amide bonds. The van der Waals surface area contributed by atoms with Crippen LogP contribution in [0.5, 0.6) is 0 Å². The summed E-state index contributed by atoms with van der Waals surface area (Å²) in [7, 11) is 0. The first-order valence-corrected chi connectivity index (χ1v) is 10.6. The molecule has 1 aromatic heterocycles. The van der Waals surface area contributed by atoms with Crippen molar-refractivity contribution in [1.82, 2.24) is 15.1 Å². The summed E-state index contributed by atoms with van der Waals surface area (Å²) < 4.78 is 6.93. The summed E-state index contributed by atoms with van der Waals surface area (Å²) in [6.45, 7) is -1.83. The van der Waals surface area contributed by atoms with Crippen LogP contribution in [0.25, 0.3) is 10.9 Å². The van der Waals surface area contributed by atoms with Gasteiger partial charge in [-0.15, -0.1) is 0 Å². The zero-order valence-electron chi connectivity index (χ0n) is 16.6. The predicted octanol–water partition coefficient (Wildman–Crippen LogP) is -0.577. The van der Waals surface area contributed by atoms with E-state index in [-0.39, 0.29) is 11.2 Å². The van der Waals surface area contributed by atoms with Gasteiger partial charge in [0.05, 0.1) is 29.2 Å². The zero-order valence-corrected chi connectivity index (χ0v) is 18.9. The topological polar surface area (TPSA) is 198 Å². The Balaban J connectivity index is 2.24. The molecule has 2 aromatic rings. The predicted molar refractivity (Wildman–Crippen MR) is 115 cm³/mol.